The van der Waals surface area contributed by atoms with Gasteiger partial charge in [0, 0.05) is 19.3 Å². The van der Waals surface area contributed by atoms with Crippen molar-refractivity contribution in [2.24, 2.45) is 0 Å². The van der Waals surface area contributed by atoms with Gasteiger partial charge < -0.3 is 14.2 Å². The van der Waals surface area contributed by atoms with Gasteiger partial charge >= 0.3 is 17.9 Å². The van der Waals surface area contributed by atoms with Gasteiger partial charge in [0.2, 0.25) is 0 Å². The first-order chi connectivity index (χ1) is 37.0. The van der Waals surface area contributed by atoms with Crippen LogP contribution >= 0.6 is 0 Å². The molecule has 1 atom stereocenters. The fraction of sp³-hybridized carbons (Fsp3) is 0.928. The summed E-state index contributed by atoms with van der Waals surface area (Å²) >= 11 is 0. The van der Waals surface area contributed by atoms with Crippen LogP contribution in [0.15, 0.2) is 12.2 Å². The molecule has 0 saturated heterocycles. The van der Waals surface area contributed by atoms with Gasteiger partial charge in [0.1, 0.15) is 13.2 Å². The molecule has 0 heterocycles. The van der Waals surface area contributed by atoms with E-state index >= 15 is 0 Å². The Balaban J connectivity index is 4.25. The lowest BCUT2D eigenvalue weighted by molar-refractivity contribution is -0.167. The average Bonchev–Trinajstić information content (AvgIpc) is 3.41. The molecular formula is C69H132O6. The molecule has 0 fully saturated rings. The van der Waals surface area contributed by atoms with E-state index in [0.717, 1.165) is 57.8 Å². The van der Waals surface area contributed by atoms with E-state index in [4.69, 9.17) is 14.2 Å². The molecule has 75 heavy (non-hydrogen) atoms. The molecule has 0 rings (SSSR count). The number of rotatable bonds is 64. The minimum atomic E-state index is -0.766. The van der Waals surface area contributed by atoms with Crippen molar-refractivity contribution in [3.63, 3.8) is 0 Å². The Hall–Kier alpha value is -1.85. The number of carbonyl (C=O) groups excluding carboxylic acids is 3. The SMILES string of the molecule is CCCCCCCC/C=C\CCCCCCCCCCCCCC(=O)OC[C@H](COC(=O)CCCCCCCCCCCCCCCCCCCCCCC)OC(=O)CCCCCCCCCCCCCCCCC. The number of unbranched alkanes of at least 4 members (excludes halogenated alkanes) is 51. The topological polar surface area (TPSA) is 78.9 Å². The molecule has 0 aromatic rings. The average molecular weight is 1060 g/mol. The largest absolute Gasteiger partial charge is 0.462 e. The van der Waals surface area contributed by atoms with Crippen molar-refractivity contribution in [1.82, 2.24) is 0 Å². The van der Waals surface area contributed by atoms with Gasteiger partial charge in [0.05, 0.1) is 0 Å². The summed E-state index contributed by atoms with van der Waals surface area (Å²) in [5, 5.41) is 0. The second-order valence-corrected chi connectivity index (χ2v) is 23.5. The van der Waals surface area contributed by atoms with Crippen molar-refractivity contribution >= 4 is 17.9 Å². The highest BCUT2D eigenvalue weighted by Gasteiger charge is 2.19. The maximum absolute atomic E-state index is 12.9. The third kappa shape index (κ3) is 62.9. The third-order valence-electron chi connectivity index (χ3n) is 15.8. The minimum Gasteiger partial charge on any atom is -0.462 e. The van der Waals surface area contributed by atoms with E-state index in [0.29, 0.717) is 19.3 Å². The molecule has 0 unspecified atom stereocenters. The lowest BCUT2D eigenvalue weighted by Gasteiger charge is -2.18. The van der Waals surface area contributed by atoms with Crippen molar-refractivity contribution in [2.45, 2.75) is 399 Å². The van der Waals surface area contributed by atoms with E-state index in [1.165, 1.54) is 295 Å². The van der Waals surface area contributed by atoms with E-state index in [1.54, 1.807) is 0 Å². The number of esters is 3. The second kappa shape index (κ2) is 64.7. The molecular weight excluding hydrogens is 925 g/mol. The minimum absolute atomic E-state index is 0.0628. The highest BCUT2D eigenvalue weighted by atomic mass is 16.6. The third-order valence-corrected chi connectivity index (χ3v) is 15.8. The van der Waals surface area contributed by atoms with Crippen LogP contribution in [0.25, 0.3) is 0 Å². The fourth-order valence-corrected chi connectivity index (χ4v) is 10.6. The van der Waals surface area contributed by atoms with Crippen LogP contribution in [0, 0.1) is 0 Å². The molecule has 444 valence electrons. The standard InChI is InChI=1S/C69H132O6/c1-4-7-10-13-16-19-22-25-28-30-32-34-36-38-41-43-46-49-52-55-58-61-67(70)73-64-66(75-69(72)63-60-57-54-51-48-45-40-27-24-21-18-15-12-9-6-3)65-74-68(71)62-59-56-53-50-47-44-42-39-37-35-33-31-29-26-23-20-17-14-11-8-5-2/h25,28,66H,4-24,26-27,29-65H2,1-3H3/b28-25-/t66-/m1/s1. The predicted octanol–water partition coefficient (Wildman–Crippen LogP) is 23.2. The first kappa shape index (κ1) is 73.2. The Morgan fingerprint density at radius 2 is 0.440 bits per heavy atom. The highest BCUT2D eigenvalue weighted by molar-refractivity contribution is 5.71. The summed E-state index contributed by atoms with van der Waals surface area (Å²) in [5.74, 6) is -0.828. The van der Waals surface area contributed by atoms with Gasteiger partial charge in [-0.15, -0.1) is 0 Å². The van der Waals surface area contributed by atoms with E-state index in [9.17, 15) is 14.4 Å². The Labute approximate surface area is 469 Å². The first-order valence-electron chi connectivity index (χ1n) is 34.2. The Morgan fingerprint density at radius 1 is 0.253 bits per heavy atom. The summed E-state index contributed by atoms with van der Waals surface area (Å²) in [7, 11) is 0. The molecule has 0 spiro atoms. The molecule has 6 heteroatoms. The lowest BCUT2D eigenvalue weighted by Crippen LogP contribution is -2.30. The summed E-state index contributed by atoms with van der Waals surface area (Å²) < 4.78 is 17.0. The van der Waals surface area contributed by atoms with Crippen LogP contribution in [0.2, 0.25) is 0 Å². The van der Waals surface area contributed by atoms with Crippen LogP contribution in [0.5, 0.6) is 0 Å². The Kier molecular flexibility index (Phi) is 63.1. The number of carbonyl (C=O) groups is 3. The molecule has 0 aromatic heterocycles. The van der Waals surface area contributed by atoms with Gasteiger partial charge in [-0.05, 0) is 44.9 Å². The summed E-state index contributed by atoms with van der Waals surface area (Å²) in [4.78, 5) is 38.4. The van der Waals surface area contributed by atoms with Gasteiger partial charge in [-0.1, -0.05) is 341 Å². The molecule has 0 bridgehead atoms. The Bertz CT molecular complexity index is 1170. The quantitative estimate of drug-likeness (QED) is 0.0261. The van der Waals surface area contributed by atoms with E-state index in [-0.39, 0.29) is 31.1 Å². The molecule has 6 nitrogen and oxygen atoms in total. The molecule has 0 radical (unpaired) electrons. The van der Waals surface area contributed by atoms with Crippen LogP contribution in [-0.4, -0.2) is 37.2 Å². The fourth-order valence-electron chi connectivity index (χ4n) is 10.6. The molecule has 0 aliphatic heterocycles. The van der Waals surface area contributed by atoms with Crippen LogP contribution < -0.4 is 0 Å². The van der Waals surface area contributed by atoms with Gasteiger partial charge in [0.25, 0.3) is 0 Å². The lowest BCUT2D eigenvalue weighted by atomic mass is 10.0. The van der Waals surface area contributed by atoms with Gasteiger partial charge in [-0.3, -0.25) is 14.4 Å². The summed E-state index contributed by atoms with van der Waals surface area (Å²) in [6.07, 6.45) is 76.5. The number of ether oxygens (including phenoxy) is 3. The van der Waals surface area contributed by atoms with Crippen LogP contribution in [-0.2, 0) is 28.6 Å². The zero-order valence-electron chi connectivity index (χ0n) is 51.1. The van der Waals surface area contributed by atoms with Crippen molar-refractivity contribution in [3.8, 4) is 0 Å². The maximum atomic E-state index is 12.9. The molecule has 0 amide bonds. The van der Waals surface area contributed by atoms with Gasteiger partial charge in [0.15, 0.2) is 6.10 Å². The zero-order chi connectivity index (χ0) is 54.3. The van der Waals surface area contributed by atoms with Gasteiger partial charge in [-0.2, -0.15) is 0 Å². The number of allylic oxidation sites excluding steroid dienone is 2. The van der Waals surface area contributed by atoms with E-state index < -0.39 is 6.10 Å². The van der Waals surface area contributed by atoms with Crippen LogP contribution in [0.3, 0.4) is 0 Å². The Morgan fingerprint density at radius 3 is 0.667 bits per heavy atom. The molecule has 0 aromatic carbocycles. The van der Waals surface area contributed by atoms with Crippen molar-refractivity contribution in [1.29, 1.82) is 0 Å². The maximum Gasteiger partial charge on any atom is 0.306 e. The van der Waals surface area contributed by atoms with Crippen molar-refractivity contribution in [3.05, 3.63) is 12.2 Å². The zero-order valence-corrected chi connectivity index (χ0v) is 51.1. The van der Waals surface area contributed by atoms with Gasteiger partial charge in [-0.25, -0.2) is 0 Å². The normalized spacial score (nSPS) is 12.0. The summed E-state index contributed by atoms with van der Waals surface area (Å²) in [6.45, 7) is 6.73. The summed E-state index contributed by atoms with van der Waals surface area (Å²) in [5.41, 5.74) is 0. The molecule has 0 N–H and O–H groups in total. The first-order valence-corrected chi connectivity index (χ1v) is 34.2. The number of hydrogen-bond acceptors (Lipinski definition) is 6. The number of hydrogen-bond donors (Lipinski definition) is 0. The van der Waals surface area contributed by atoms with Crippen LogP contribution in [0.1, 0.15) is 393 Å². The summed E-state index contributed by atoms with van der Waals surface area (Å²) in [6, 6.07) is 0. The molecule has 0 aliphatic carbocycles. The van der Waals surface area contributed by atoms with Crippen molar-refractivity contribution in [2.75, 3.05) is 13.2 Å². The van der Waals surface area contributed by atoms with E-state index in [2.05, 4.69) is 32.9 Å². The van der Waals surface area contributed by atoms with E-state index in [1.807, 2.05) is 0 Å². The predicted molar refractivity (Wildman–Crippen MR) is 326 cm³/mol. The molecule has 0 saturated carbocycles. The highest BCUT2D eigenvalue weighted by Crippen LogP contribution is 2.19. The van der Waals surface area contributed by atoms with Crippen molar-refractivity contribution < 1.29 is 28.6 Å². The van der Waals surface area contributed by atoms with Crippen LogP contribution in [0.4, 0.5) is 0 Å². The molecule has 0 aliphatic rings. The monoisotopic (exact) mass is 1060 g/mol. The smallest absolute Gasteiger partial charge is 0.306 e. The second-order valence-electron chi connectivity index (χ2n) is 23.5.